The molecule has 21 heavy (non-hydrogen) atoms. The van der Waals surface area contributed by atoms with Crippen molar-refractivity contribution in [2.24, 2.45) is 5.92 Å². The lowest BCUT2D eigenvalue weighted by Crippen LogP contribution is -2.31. The second kappa shape index (κ2) is 5.85. The van der Waals surface area contributed by atoms with Gasteiger partial charge in [-0.3, -0.25) is 9.59 Å². The minimum Gasteiger partial charge on any atom is -0.352 e. The van der Waals surface area contributed by atoms with E-state index in [1.54, 1.807) is 12.1 Å². The monoisotopic (exact) mass is 287 g/mol. The molecular formula is C16H21N3O2. The van der Waals surface area contributed by atoms with Crippen LogP contribution in [0.1, 0.15) is 29.3 Å². The van der Waals surface area contributed by atoms with Crippen molar-refractivity contribution in [1.29, 1.82) is 0 Å². The molecule has 1 saturated heterocycles. The largest absolute Gasteiger partial charge is 0.352 e. The summed E-state index contributed by atoms with van der Waals surface area (Å²) < 4.78 is 0. The Morgan fingerprint density at radius 1 is 1.48 bits per heavy atom. The molecule has 112 valence electrons. The average molecular weight is 287 g/mol. The van der Waals surface area contributed by atoms with Gasteiger partial charge in [0.2, 0.25) is 5.91 Å². The van der Waals surface area contributed by atoms with Crippen molar-refractivity contribution in [3.05, 3.63) is 29.3 Å². The molecule has 0 saturated carbocycles. The van der Waals surface area contributed by atoms with Crippen molar-refractivity contribution in [2.45, 2.75) is 19.8 Å². The molecule has 0 aromatic heterocycles. The van der Waals surface area contributed by atoms with Gasteiger partial charge in [0.1, 0.15) is 0 Å². The topological polar surface area (TPSA) is 61.4 Å². The summed E-state index contributed by atoms with van der Waals surface area (Å²) in [5.41, 5.74) is 2.35. The van der Waals surface area contributed by atoms with E-state index >= 15 is 0 Å². The van der Waals surface area contributed by atoms with Crippen LogP contribution < -0.4 is 10.6 Å². The lowest BCUT2D eigenvalue weighted by Gasteiger charge is -2.14. The summed E-state index contributed by atoms with van der Waals surface area (Å²) >= 11 is 0. The molecule has 0 aliphatic carbocycles. The van der Waals surface area contributed by atoms with Crippen LogP contribution in [0.25, 0.3) is 0 Å². The second-order valence-corrected chi connectivity index (χ2v) is 5.85. The quantitative estimate of drug-likeness (QED) is 0.876. The van der Waals surface area contributed by atoms with Crippen LogP contribution >= 0.6 is 0 Å². The van der Waals surface area contributed by atoms with E-state index in [0.717, 1.165) is 43.9 Å². The Morgan fingerprint density at radius 3 is 3.10 bits per heavy atom. The molecule has 5 heteroatoms. The van der Waals surface area contributed by atoms with Crippen LogP contribution in [0.4, 0.5) is 5.69 Å². The van der Waals surface area contributed by atoms with Crippen LogP contribution in [0.2, 0.25) is 0 Å². The summed E-state index contributed by atoms with van der Waals surface area (Å²) in [7, 11) is 0. The highest BCUT2D eigenvalue weighted by Crippen LogP contribution is 2.24. The highest BCUT2D eigenvalue weighted by Gasteiger charge is 2.22. The molecule has 2 aliphatic heterocycles. The smallest absolute Gasteiger partial charge is 0.251 e. The van der Waals surface area contributed by atoms with Gasteiger partial charge >= 0.3 is 0 Å². The molecular weight excluding hydrogens is 266 g/mol. The first-order chi connectivity index (χ1) is 10.2. The van der Waals surface area contributed by atoms with Crippen molar-refractivity contribution in [1.82, 2.24) is 10.2 Å². The summed E-state index contributed by atoms with van der Waals surface area (Å²) in [5, 5.41) is 5.79. The molecule has 1 aromatic carbocycles. The fourth-order valence-corrected chi connectivity index (χ4v) is 3.06. The summed E-state index contributed by atoms with van der Waals surface area (Å²) in [6.07, 6.45) is 1.56. The number of amides is 2. The van der Waals surface area contributed by atoms with Crippen LogP contribution in [0.5, 0.6) is 0 Å². The highest BCUT2D eigenvalue weighted by atomic mass is 16.2. The Kier molecular flexibility index (Phi) is 3.92. The first-order valence-corrected chi connectivity index (χ1v) is 7.59. The number of carbonyl (C=O) groups excluding carboxylic acids is 2. The van der Waals surface area contributed by atoms with E-state index in [4.69, 9.17) is 0 Å². The van der Waals surface area contributed by atoms with Gasteiger partial charge in [-0.25, -0.2) is 0 Å². The van der Waals surface area contributed by atoms with Gasteiger partial charge in [-0.05, 0) is 43.1 Å². The van der Waals surface area contributed by atoms with E-state index in [1.165, 1.54) is 0 Å². The molecule has 2 amide bonds. The highest BCUT2D eigenvalue weighted by molar-refractivity contribution is 6.02. The molecule has 5 nitrogen and oxygen atoms in total. The van der Waals surface area contributed by atoms with Gasteiger partial charge in [0.15, 0.2) is 0 Å². The molecule has 0 bridgehead atoms. The van der Waals surface area contributed by atoms with Crippen LogP contribution in [-0.4, -0.2) is 42.9 Å². The third kappa shape index (κ3) is 3.08. The van der Waals surface area contributed by atoms with Gasteiger partial charge in [-0.2, -0.15) is 0 Å². The zero-order valence-electron chi connectivity index (χ0n) is 12.3. The lowest BCUT2D eigenvalue weighted by atomic mass is 10.1. The van der Waals surface area contributed by atoms with Gasteiger partial charge in [0.25, 0.3) is 5.91 Å². The van der Waals surface area contributed by atoms with E-state index in [1.807, 2.05) is 6.07 Å². The van der Waals surface area contributed by atoms with Gasteiger partial charge in [-0.15, -0.1) is 0 Å². The third-order valence-corrected chi connectivity index (χ3v) is 4.37. The molecule has 0 radical (unpaired) electrons. The number of nitrogens with zero attached hydrogens (tertiary/aromatic N) is 1. The number of fused-ring (bicyclic) bond motifs is 1. The van der Waals surface area contributed by atoms with Gasteiger partial charge in [0.05, 0.1) is 6.42 Å². The molecule has 1 unspecified atom stereocenters. The Hall–Kier alpha value is -1.88. The standard InChI is InChI=1S/C16H21N3O2/c1-2-19-6-5-11(10-19)9-17-16(21)13-4-3-12-8-15(20)18-14(12)7-13/h3-4,7,11H,2,5-6,8-10H2,1H3,(H,17,21)(H,18,20). The van der Waals surface area contributed by atoms with Gasteiger partial charge in [0, 0.05) is 24.3 Å². The fraction of sp³-hybridized carbons (Fsp3) is 0.500. The minimum atomic E-state index is -0.0612. The van der Waals surface area contributed by atoms with Crippen molar-refractivity contribution in [2.75, 3.05) is 31.5 Å². The van der Waals surface area contributed by atoms with Crippen molar-refractivity contribution >= 4 is 17.5 Å². The Labute approximate surface area is 124 Å². The molecule has 1 aromatic rings. The van der Waals surface area contributed by atoms with E-state index in [0.29, 0.717) is 17.9 Å². The maximum atomic E-state index is 12.2. The van der Waals surface area contributed by atoms with Crippen LogP contribution in [0.15, 0.2) is 18.2 Å². The number of anilines is 1. The summed E-state index contributed by atoms with van der Waals surface area (Å²) in [5.74, 6) is 0.477. The first-order valence-electron chi connectivity index (χ1n) is 7.59. The number of likely N-dealkylation sites (tertiary alicyclic amines) is 1. The van der Waals surface area contributed by atoms with E-state index in [2.05, 4.69) is 22.5 Å². The summed E-state index contributed by atoms with van der Waals surface area (Å²) in [4.78, 5) is 25.9. The number of hydrogen-bond donors (Lipinski definition) is 2. The molecule has 2 heterocycles. The fourth-order valence-electron chi connectivity index (χ4n) is 3.06. The molecule has 3 rings (SSSR count). The normalized spacial score (nSPS) is 21.2. The van der Waals surface area contributed by atoms with Crippen LogP contribution in [-0.2, 0) is 11.2 Å². The number of carbonyl (C=O) groups is 2. The van der Waals surface area contributed by atoms with E-state index in [-0.39, 0.29) is 11.8 Å². The number of hydrogen-bond acceptors (Lipinski definition) is 3. The molecule has 1 fully saturated rings. The number of benzene rings is 1. The number of nitrogens with one attached hydrogen (secondary N) is 2. The maximum Gasteiger partial charge on any atom is 0.251 e. The number of rotatable bonds is 4. The van der Waals surface area contributed by atoms with Crippen molar-refractivity contribution < 1.29 is 9.59 Å². The van der Waals surface area contributed by atoms with Crippen molar-refractivity contribution in [3.63, 3.8) is 0 Å². The third-order valence-electron chi connectivity index (χ3n) is 4.37. The molecule has 2 N–H and O–H groups in total. The Morgan fingerprint density at radius 2 is 2.33 bits per heavy atom. The van der Waals surface area contributed by atoms with Crippen LogP contribution in [0, 0.1) is 5.92 Å². The Balaban J connectivity index is 1.57. The van der Waals surface area contributed by atoms with Crippen molar-refractivity contribution in [3.8, 4) is 0 Å². The molecule has 0 spiro atoms. The predicted molar refractivity (Wildman–Crippen MR) is 81.3 cm³/mol. The van der Waals surface area contributed by atoms with Crippen LogP contribution in [0.3, 0.4) is 0 Å². The minimum absolute atomic E-state index is 0.00632. The van der Waals surface area contributed by atoms with Gasteiger partial charge in [-0.1, -0.05) is 13.0 Å². The van der Waals surface area contributed by atoms with Gasteiger partial charge < -0.3 is 15.5 Å². The van der Waals surface area contributed by atoms with E-state index in [9.17, 15) is 9.59 Å². The lowest BCUT2D eigenvalue weighted by molar-refractivity contribution is -0.115. The Bertz CT molecular complexity index is 571. The zero-order valence-corrected chi connectivity index (χ0v) is 12.3. The second-order valence-electron chi connectivity index (χ2n) is 5.85. The molecule has 1 atom stereocenters. The SMILES string of the molecule is CCN1CCC(CNC(=O)c2ccc3c(c2)NC(=O)C3)C1. The zero-order chi connectivity index (χ0) is 14.8. The first kappa shape index (κ1) is 14.1. The average Bonchev–Trinajstić information content (AvgIpc) is 3.08. The predicted octanol–water partition coefficient (Wildman–Crippen LogP) is 1.25. The van der Waals surface area contributed by atoms with E-state index < -0.39 is 0 Å². The molecule has 2 aliphatic rings. The maximum absolute atomic E-state index is 12.2. The summed E-state index contributed by atoms with van der Waals surface area (Å²) in [6.45, 7) is 6.16. The summed E-state index contributed by atoms with van der Waals surface area (Å²) in [6, 6.07) is 5.42.